The lowest BCUT2D eigenvalue weighted by Gasteiger charge is -2.20. The van der Waals surface area contributed by atoms with Gasteiger partial charge in [0.2, 0.25) is 5.16 Å². The van der Waals surface area contributed by atoms with Crippen molar-refractivity contribution in [1.82, 2.24) is 30.8 Å². The minimum Gasteiger partial charge on any atom is -0.483 e. The van der Waals surface area contributed by atoms with Crippen LogP contribution in [0.25, 0.3) is 0 Å². The predicted molar refractivity (Wildman–Crippen MR) is 106 cm³/mol. The molecule has 0 bridgehead atoms. The number of benzene rings is 1. The van der Waals surface area contributed by atoms with Gasteiger partial charge in [0.15, 0.2) is 6.61 Å². The minimum absolute atomic E-state index is 0.0106. The van der Waals surface area contributed by atoms with E-state index in [-0.39, 0.29) is 18.1 Å². The second-order valence-electron chi connectivity index (χ2n) is 7.16. The number of aromatic nitrogens is 4. The number of hydrogen-bond donors (Lipinski definition) is 2. The molecule has 0 aliphatic carbocycles. The van der Waals surface area contributed by atoms with Gasteiger partial charge in [-0.1, -0.05) is 30.0 Å². The lowest BCUT2D eigenvalue weighted by Crippen LogP contribution is -2.43. The molecule has 148 valence electrons. The van der Waals surface area contributed by atoms with E-state index in [1.807, 2.05) is 52.1 Å². The summed E-state index contributed by atoms with van der Waals surface area (Å²) >= 11 is 1.64. The Bertz CT molecular complexity index is 729. The fourth-order valence-corrected chi connectivity index (χ4v) is 3.10. The Morgan fingerprint density at radius 1 is 1.30 bits per heavy atom. The van der Waals surface area contributed by atoms with Crippen LogP contribution in [0.5, 0.6) is 5.75 Å². The second-order valence-corrected chi connectivity index (χ2v) is 8.22. The summed E-state index contributed by atoms with van der Waals surface area (Å²) in [5.41, 5.74) is 0.770. The highest BCUT2D eigenvalue weighted by Gasteiger charge is 2.14. The largest absolute Gasteiger partial charge is 0.483 e. The van der Waals surface area contributed by atoms with Crippen molar-refractivity contribution in [2.45, 2.75) is 44.4 Å². The third kappa shape index (κ3) is 7.96. The van der Waals surface area contributed by atoms with Gasteiger partial charge in [-0.05, 0) is 50.2 Å². The number of amides is 1. The first-order valence-electron chi connectivity index (χ1n) is 8.93. The third-order valence-corrected chi connectivity index (χ3v) is 4.57. The molecule has 2 rings (SSSR count). The number of aryl methyl sites for hydroxylation is 1. The number of nitrogens with zero attached hydrogens (tertiary/aromatic N) is 4. The molecule has 27 heavy (non-hydrogen) atoms. The molecule has 0 aliphatic rings. The number of ether oxygens (including phenoxy) is 1. The van der Waals surface area contributed by atoms with Gasteiger partial charge in [0.1, 0.15) is 5.75 Å². The molecule has 0 saturated heterocycles. The van der Waals surface area contributed by atoms with Crippen molar-refractivity contribution in [2.75, 3.05) is 18.9 Å². The molecule has 1 aromatic heterocycles. The van der Waals surface area contributed by atoms with Crippen LogP contribution in [0.4, 0.5) is 0 Å². The summed E-state index contributed by atoms with van der Waals surface area (Å²) in [6, 6.07) is 7.77. The summed E-state index contributed by atoms with van der Waals surface area (Å²) < 4.78 is 7.37. The van der Waals surface area contributed by atoms with Crippen molar-refractivity contribution in [3.63, 3.8) is 0 Å². The van der Waals surface area contributed by atoms with Crippen molar-refractivity contribution in [2.24, 2.45) is 7.05 Å². The van der Waals surface area contributed by atoms with Crippen LogP contribution in [0.15, 0.2) is 29.4 Å². The first-order chi connectivity index (χ1) is 12.8. The molecule has 0 saturated carbocycles. The number of hydrogen-bond acceptors (Lipinski definition) is 7. The molecular weight excluding hydrogens is 364 g/mol. The molecule has 0 radical (unpaired) electrons. The van der Waals surface area contributed by atoms with Gasteiger partial charge in [0, 0.05) is 30.4 Å². The first-order valence-corrected chi connectivity index (χ1v) is 9.91. The lowest BCUT2D eigenvalue weighted by molar-refractivity contribution is -0.124. The number of carbonyl (C=O) groups is 1. The molecule has 0 fully saturated rings. The number of thioether (sulfide) groups is 1. The maximum atomic E-state index is 11.9. The molecule has 1 aromatic carbocycles. The number of nitrogens with one attached hydrogen (secondary N) is 2. The van der Waals surface area contributed by atoms with Crippen molar-refractivity contribution >= 4 is 17.7 Å². The molecule has 2 N–H and O–H groups in total. The Morgan fingerprint density at radius 3 is 2.78 bits per heavy atom. The molecule has 8 nitrogen and oxygen atoms in total. The maximum Gasteiger partial charge on any atom is 0.258 e. The molecular formula is C18H28N6O2S. The first kappa shape index (κ1) is 21.2. The van der Waals surface area contributed by atoms with Crippen LogP contribution >= 0.6 is 11.8 Å². The molecule has 0 aliphatic heterocycles. The lowest BCUT2D eigenvalue weighted by atomic mass is 10.1. The van der Waals surface area contributed by atoms with Crippen molar-refractivity contribution in [3.8, 4) is 5.75 Å². The normalized spacial score (nSPS) is 11.4. The van der Waals surface area contributed by atoms with Gasteiger partial charge in [-0.2, -0.15) is 0 Å². The van der Waals surface area contributed by atoms with Crippen molar-refractivity contribution in [3.05, 3.63) is 29.8 Å². The Morgan fingerprint density at radius 2 is 2.07 bits per heavy atom. The monoisotopic (exact) mass is 392 g/mol. The zero-order valence-electron chi connectivity index (χ0n) is 16.4. The number of para-hydroxylation sites is 1. The molecule has 0 atom stereocenters. The van der Waals surface area contributed by atoms with Gasteiger partial charge >= 0.3 is 0 Å². The Labute approximate surface area is 164 Å². The van der Waals surface area contributed by atoms with Crippen LogP contribution in [0.3, 0.4) is 0 Å². The minimum atomic E-state index is -0.263. The highest BCUT2D eigenvalue weighted by Crippen LogP contribution is 2.18. The zero-order chi connectivity index (χ0) is 19.7. The van der Waals surface area contributed by atoms with E-state index >= 15 is 0 Å². The van der Waals surface area contributed by atoms with Crippen LogP contribution in [-0.2, 0) is 18.4 Å². The summed E-state index contributed by atoms with van der Waals surface area (Å²) in [5.74, 6) is 1.54. The number of tetrazole rings is 1. The van der Waals surface area contributed by atoms with E-state index in [0.29, 0.717) is 6.54 Å². The summed E-state index contributed by atoms with van der Waals surface area (Å²) in [6.07, 6.45) is 0.995. The Balaban J connectivity index is 1.70. The van der Waals surface area contributed by atoms with E-state index in [4.69, 9.17) is 4.74 Å². The summed E-state index contributed by atoms with van der Waals surface area (Å²) in [7, 11) is 1.83. The predicted octanol–water partition coefficient (Wildman–Crippen LogP) is 1.78. The summed E-state index contributed by atoms with van der Waals surface area (Å²) in [6.45, 7) is 7.41. The highest BCUT2D eigenvalue weighted by molar-refractivity contribution is 7.99. The molecule has 1 heterocycles. The van der Waals surface area contributed by atoms with Crippen molar-refractivity contribution in [1.29, 1.82) is 0 Å². The van der Waals surface area contributed by atoms with E-state index in [9.17, 15) is 4.79 Å². The third-order valence-electron chi connectivity index (χ3n) is 3.47. The average Bonchev–Trinajstić information content (AvgIpc) is 3.00. The van der Waals surface area contributed by atoms with E-state index in [1.54, 1.807) is 16.4 Å². The summed E-state index contributed by atoms with van der Waals surface area (Å²) in [4.78, 5) is 11.9. The van der Waals surface area contributed by atoms with Gasteiger partial charge < -0.3 is 15.4 Å². The molecule has 9 heteroatoms. The van der Waals surface area contributed by atoms with E-state index in [2.05, 4.69) is 26.2 Å². The Kier molecular flexibility index (Phi) is 8.05. The van der Waals surface area contributed by atoms with E-state index in [1.165, 1.54) is 0 Å². The molecule has 2 aromatic rings. The quantitative estimate of drug-likeness (QED) is 0.470. The van der Waals surface area contributed by atoms with Gasteiger partial charge in [-0.25, -0.2) is 4.68 Å². The maximum absolute atomic E-state index is 11.9. The van der Waals surface area contributed by atoms with Gasteiger partial charge in [0.05, 0.1) is 0 Å². The molecule has 0 spiro atoms. The van der Waals surface area contributed by atoms with Crippen LogP contribution in [0, 0.1) is 0 Å². The van der Waals surface area contributed by atoms with Crippen LogP contribution in [0.1, 0.15) is 32.8 Å². The smallest absolute Gasteiger partial charge is 0.258 e. The second kappa shape index (κ2) is 10.3. The molecule has 1 amide bonds. The zero-order valence-corrected chi connectivity index (χ0v) is 17.2. The fourth-order valence-electron chi connectivity index (χ4n) is 2.32. The summed E-state index contributed by atoms with van der Waals surface area (Å²) in [5, 5.41) is 18.5. The SMILES string of the molecule is Cn1nnnc1SCCCNCc1ccccc1OCC(=O)NC(C)(C)C. The number of carbonyl (C=O) groups excluding carboxylic acids is 1. The average molecular weight is 393 g/mol. The van der Waals surface area contributed by atoms with Gasteiger partial charge in [-0.3, -0.25) is 4.79 Å². The van der Waals surface area contributed by atoms with Gasteiger partial charge in [0.25, 0.3) is 5.91 Å². The number of rotatable bonds is 10. The van der Waals surface area contributed by atoms with Crippen LogP contribution in [0.2, 0.25) is 0 Å². The van der Waals surface area contributed by atoms with E-state index < -0.39 is 0 Å². The van der Waals surface area contributed by atoms with E-state index in [0.717, 1.165) is 35.2 Å². The standard InChI is InChI=1S/C18H28N6O2S/c1-18(2,3)20-16(25)13-26-15-9-6-5-8-14(15)12-19-10-7-11-27-17-21-22-23-24(17)4/h5-6,8-9,19H,7,10-13H2,1-4H3,(H,20,25). The van der Waals surface area contributed by atoms with Crippen molar-refractivity contribution < 1.29 is 9.53 Å². The highest BCUT2D eigenvalue weighted by atomic mass is 32.2. The fraction of sp³-hybridized carbons (Fsp3) is 0.556. The van der Waals surface area contributed by atoms with Crippen LogP contribution < -0.4 is 15.4 Å². The van der Waals surface area contributed by atoms with Crippen LogP contribution in [-0.4, -0.2) is 50.6 Å². The topological polar surface area (TPSA) is 94.0 Å². The molecule has 0 unspecified atom stereocenters. The van der Waals surface area contributed by atoms with Gasteiger partial charge in [-0.15, -0.1) is 5.10 Å². The Hall–Kier alpha value is -2.13.